The second-order valence-corrected chi connectivity index (χ2v) is 9.62. The van der Waals surface area contributed by atoms with Gasteiger partial charge in [0.15, 0.2) is 0 Å². The number of hydrogen-bond acceptors (Lipinski definition) is 4. The summed E-state index contributed by atoms with van der Waals surface area (Å²) in [5.74, 6) is -0.409. The van der Waals surface area contributed by atoms with Gasteiger partial charge in [0.25, 0.3) is 0 Å². The van der Waals surface area contributed by atoms with E-state index in [1.807, 2.05) is 43.1 Å². The Morgan fingerprint density at radius 3 is 2.69 bits per heavy atom. The lowest BCUT2D eigenvalue weighted by molar-refractivity contribution is -0.0559. The Hall–Kier alpha value is -2.48. The van der Waals surface area contributed by atoms with Gasteiger partial charge in [-0.3, -0.25) is 0 Å². The molecule has 1 saturated heterocycles. The molecule has 1 fully saturated rings. The standard InChI is InChI=1S/C28H40FN3O3/c1-21(19-30-2)31-27(33)32-17-8-9-23(20-32)28(34,16-6-7-18-35-3)26-11-5-4-10-25(26)22-12-14-24(29)15-13-22/h4-5,10-15,21,23,30,34H,6-9,16-20H2,1-3H3,(H,31,33)/t21-,23+,28-/m0/s1. The van der Waals surface area contributed by atoms with E-state index in [1.54, 1.807) is 19.2 Å². The summed E-state index contributed by atoms with van der Waals surface area (Å²) in [5.41, 5.74) is 1.46. The van der Waals surface area contributed by atoms with Crippen LogP contribution in [-0.2, 0) is 10.3 Å². The fraction of sp³-hybridized carbons (Fsp3) is 0.536. The molecular weight excluding hydrogens is 445 g/mol. The first-order valence-corrected chi connectivity index (χ1v) is 12.7. The number of nitrogens with one attached hydrogen (secondary N) is 2. The molecule has 1 heterocycles. The predicted octanol–water partition coefficient (Wildman–Crippen LogP) is 4.53. The minimum Gasteiger partial charge on any atom is -0.385 e. The molecule has 35 heavy (non-hydrogen) atoms. The van der Waals surface area contributed by atoms with Crippen LogP contribution in [0.3, 0.4) is 0 Å². The van der Waals surface area contributed by atoms with Crippen LogP contribution in [0.15, 0.2) is 48.5 Å². The average Bonchev–Trinajstić information content (AvgIpc) is 2.87. The van der Waals surface area contributed by atoms with Crippen molar-refractivity contribution in [3.8, 4) is 11.1 Å². The van der Waals surface area contributed by atoms with Crippen LogP contribution in [0.1, 0.15) is 44.6 Å². The monoisotopic (exact) mass is 485 g/mol. The van der Waals surface area contributed by atoms with E-state index < -0.39 is 5.60 Å². The van der Waals surface area contributed by atoms with Gasteiger partial charge in [0.2, 0.25) is 0 Å². The van der Waals surface area contributed by atoms with Crippen molar-refractivity contribution in [2.75, 3.05) is 40.4 Å². The number of likely N-dealkylation sites (N-methyl/N-ethyl adjacent to an activating group) is 1. The maximum absolute atomic E-state index is 13.6. The number of urea groups is 1. The quantitative estimate of drug-likeness (QED) is 0.409. The number of benzene rings is 2. The lowest BCUT2D eigenvalue weighted by atomic mass is 9.72. The average molecular weight is 486 g/mol. The van der Waals surface area contributed by atoms with E-state index in [0.717, 1.165) is 42.4 Å². The maximum atomic E-state index is 13.6. The summed E-state index contributed by atoms with van der Waals surface area (Å²) in [7, 11) is 3.55. The Morgan fingerprint density at radius 2 is 1.97 bits per heavy atom. The molecule has 2 aromatic carbocycles. The number of ether oxygens (including phenoxy) is 1. The van der Waals surface area contributed by atoms with E-state index in [4.69, 9.17) is 4.74 Å². The van der Waals surface area contributed by atoms with Crippen molar-refractivity contribution in [3.63, 3.8) is 0 Å². The number of aliphatic hydroxyl groups is 1. The molecule has 0 bridgehead atoms. The lowest BCUT2D eigenvalue weighted by Crippen LogP contribution is -2.53. The van der Waals surface area contributed by atoms with Crippen LogP contribution >= 0.6 is 0 Å². The molecule has 0 spiro atoms. The Labute approximate surface area is 208 Å². The number of carbonyl (C=O) groups excluding carboxylic acids is 1. The number of unbranched alkanes of at least 4 members (excludes halogenated alkanes) is 1. The molecule has 3 N–H and O–H groups in total. The zero-order valence-electron chi connectivity index (χ0n) is 21.2. The van der Waals surface area contributed by atoms with Crippen LogP contribution in [-0.4, -0.2) is 62.5 Å². The number of likely N-dealkylation sites (tertiary alicyclic amines) is 1. The van der Waals surface area contributed by atoms with Crippen LogP contribution in [0.5, 0.6) is 0 Å². The van der Waals surface area contributed by atoms with Crippen molar-refractivity contribution < 1.29 is 19.0 Å². The molecule has 3 atom stereocenters. The first-order chi connectivity index (χ1) is 16.9. The van der Waals surface area contributed by atoms with Crippen LogP contribution in [0.4, 0.5) is 9.18 Å². The minimum atomic E-state index is -1.13. The maximum Gasteiger partial charge on any atom is 0.317 e. The third kappa shape index (κ3) is 7.03. The van der Waals surface area contributed by atoms with Crippen LogP contribution in [0.2, 0.25) is 0 Å². The first kappa shape index (κ1) is 27.1. The summed E-state index contributed by atoms with van der Waals surface area (Å²) in [6.07, 6.45) is 3.86. The number of halogens is 1. The summed E-state index contributed by atoms with van der Waals surface area (Å²) >= 11 is 0. The van der Waals surface area contributed by atoms with E-state index in [1.165, 1.54) is 12.1 Å². The topological polar surface area (TPSA) is 73.8 Å². The summed E-state index contributed by atoms with van der Waals surface area (Å²) in [6, 6.07) is 14.2. The SMILES string of the molecule is CNC[C@H](C)NC(=O)N1CCC[C@@H]([C@@](O)(CCCCOC)c2ccccc2-c2ccc(F)cc2)C1. The molecular formula is C28H40FN3O3. The number of nitrogens with zero attached hydrogens (tertiary/aromatic N) is 1. The molecule has 192 valence electrons. The molecule has 2 amide bonds. The third-order valence-corrected chi connectivity index (χ3v) is 6.97. The predicted molar refractivity (Wildman–Crippen MR) is 138 cm³/mol. The fourth-order valence-electron chi connectivity index (χ4n) is 5.15. The lowest BCUT2D eigenvalue weighted by Gasteiger charge is -2.43. The van der Waals surface area contributed by atoms with Gasteiger partial charge in [-0.05, 0) is 74.9 Å². The van der Waals surface area contributed by atoms with Gasteiger partial charge in [0, 0.05) is 45.3 Å². The molecule has 1 aliphatic heterocycles. The van der Waals surface area contributed by atoms with Gasteiger partial charge >= 0.3 is 6.03 Å². The van der Waals surface area contributed by atoms with E-state index in [-0.39, 0.29) is 23.8 Å². The second-order valence-electron chi connectivity index (χ2n) is 9.62. The molecule has 0 aliphatic carbocycles. The van der Waals surface area contributed by atoms with Gasteiger partial charge in [-0.15, -0.1) is 0 Å². The molecule has 0 aromatic heterocycles. The molecule has 2 aromatic rings. The number of rotatable bonds is 11. The van der Waals surface area contributed by atoms with Crippen LogP contribution in [0.25, 0.3) is 11.1 Å². The van der Waals surface area contributed by atoms with Crippen molar-refractivity contribution in [1.29, 1.82) is 0 Å². The number of carbonyl (C=O) groups is 1. The summed E-state index contributed by atoms with van der Waals surface area (Å²) in [5, 5.41) is 18.5. The molecule has 6 nitrogen and oxygen atoms in total. The van der Waals surface area contributed by atoms with E-state index in [2.05, 4.69) is 10.6 Å². The Bertz CT molecular complexity index is 939. The first-order valence-electron chi connectivity index (χ1n) is 12.7. The van der Waals surface area contributed by atoms with Crippen molar-refractivity contribution in [3.05, 3.63) is 59.9 Å². The normalized spacial score (nSPS) is 18.7. The zero-order valence-corrected chi connectivity index (χ0v) is 21.2. The number of piperidine rings is 1. The summed E-state index contributed by atoms with van der Waals surface area (Å²) in [6.45, 7) is 4.46. The Balaban J connectivity index is 1.91. The van der Waals surface area contributed by atoms with Crippen molar-refractivity contribution >= 4 is 6.03 Å². The number of hydrogen-bond donors (Lipinski definition) is 3. The highest BCUT2D eigenvalue weighted by molar-refractivity contribution is 5.74. The number of methoxy groups -OCH3 is 1. The van der Waals surface area contributed by atoms with E-state index in [9.17, 15) is 14.3 Å². The van der Waals surface area contributed by atoms with Crippen LogP contribution < -0.4 is 10.6 Å². The van der Waals surface area contributed by atoms with Gasteiger partial charge in [-0.2, -0.15) is 0 Å². The van der Waals surface area contributed by atoms with Gasteiger partial charge in [0.05, 0.1) is 5.60 Å². The second kappa shape index (κ2) is 13.0. The van der Waals surface area contributed by atoms with Gasteiger partial charge in [0.1, 0.15) is 5.82 Å². The number of amides is 2. The zero-order chi connectivity index (χ0) is 25.3. The highest BCUT2D eigenvalue weighted by Crippen LogP contribution is 2.43. The summed E-state index contributed by atoms with van der Waals surface area (Å²) in [4.78, 5) is 14.8. The molecule has 1 aliphatic rings. The van der Waals surface area contributed by atoms with Crippen molar-refractivity contribution in [1.82, 2.24) is 15.5 Å². The van der Waals surface area contributed by atoms with Crippen molar-refractivity contribution in [2.24, 2.45) is 5.92 Å². The van der Waals surface area contributed by atoms with E-state index >= 15 is 0 Å². The fourth-order valence-corrected chi connectivity index (χ4v) is 5.15. The van der Waals surface area contributed by atoms with E-state index in [0.29, 0.717) is 32.7 Å². The van der Waals surface area contributed by atoms with Gasteiger partial charge in [-0.1, -0.05) is 36.4 Å². The minimum absolute atomic E-state index is 0.0139. The molecule has 7 heteroatoms. The molecule has 0 unspecified atom stereocenters. The van der Waals surface area contributed by atoms with Gasteiger partial charge < -0.3 is 25.4 Å². The van der Waals surface area contributed by atoms with Crippen LogP contribution in [0, 0.1) is 11.7 Å². The molecule has 3 rings (SSSR count). The third-order valence-electron chi connectivity index (χ3n) is 6.97. The largest absolute Gasteiger partial charge is 0.385 e. The molecule has 0 saturated carbocycles. The van der Waals surface area contributed by atoms with Crippen molar-refractivity contribution in [2.45, 2.75) is 50.7 Å². The van der Waals surface area contributed by atoms with Gasteiger partial charge in [-0.25, -0.2) is 9.18 Å². The highest BCUT2D eigenvalue weighted by atomic mass is 19.1. The highest BCUT2D eigenvalue weighted by Gasteiger charge is 2.42. The summed E-state index contributed by atoms with van der Waals surface area (Å²) < 4.78 is 18.8. The smallest absolute Gasteiger partial charge is 0.317 e. The molecule has 0 radical (unpaired) electrons. The Morgan fingerprint density at radius 1 is 1.23 bits per heavy atom. The Kier molecular flexibility index (Phi) is 10.1.